The van der Waals surface area contributed by atoms with Gasteiger partial charge in [0.05, 0.1) is 22.9 Å². The third-order valence-electron chi connectivity index (χ3n) is 5.39. The Labute approximate surface area is 180 Å². The minimum absolute atomic E-state index is 0.0817. The lowest BCUT2D eigenvalue weighted by molar-refractivity contribution is 0.0923. The van der Waals surface area contributed by atoms with E-state index in [0.717, 1.165) is 37.6 Å². The van der Waals surface area contributed by atoms with Gasteiger partial charge in [-0.15, -0.1) is 0 Å². The molecule has 1 aliphatic rings. The van der Waals surface area contributed by atoms with E-state index >= 15 is 0 Å². The summed E-state index contributed by atoms with van der Waals surface area (Å²) < 4.78 is 18.9. The number of hydrogen-bond acceptors (Lipinski definition) is 4. The highest BCUT2D eigenvalue weighted by molar-refractivity contribution is 6.33. The van der Waals surface area contributed by atoms with Crippen molar-refractivity contribution in [2.75, 3.05) is 37.6 Å². The first-order valence-electron chi connectivity index (χ1n) is 9.92. The van der Waals surface area contributed by atoms with Gasteiger partial charge in [-0.25, -0.2) is 4.39 Å². The fraction of sp³-hybridized carbons (Fsp3) is 0.261. The van der Waals surface area contributed by atoms with Crippen LogP contribution in [0.15, 0.2) is 71.3 Å². The molecule has 1 aromatic heterocycles. The first-order valence-corrected chi connectivity index (χ1v) is 10.3. The number of furan rings is 1. The van der Waals surface area contributed by atoms with Crippen molar-refractivity contribution < 1.29 is 13.6 Å². The molecular weight excluding hydrogens is 405 g/mol. The smallest absolute Gasteiger partial charge is 0.252 e. The molecule has 2 aromatic carbocycles. The standard InChI is InChI=1S/C23H23ClFN3O2/c24-20-5-2-1-4-19(20)23(29)26-16-21(22-6-3-15-30-22)28-13-11-27(12-14-28)18-9-7-17(25)8-10-18/h1-10,15,21H,11-14,16H2,(H,26,29). The molecule has 0 aliphatic carbocycles. The predicted octanol–water partition coefficient (Wildman–Crippen LogP) is 4.37. The van der Waals surface area contributed by atoms with Crippen LogP contribution in [-0.4, -0.2) is 43.5 Å². The zero-order chi connectivity index (χ0) is 20.9. The van der Waals surface area contributed by atoms with E-state index in [-0.39, 0.29) is 17.8 Å². The van der Waals surface area contributed by atoms with Crippen molar-refractivity contribution in [3.05, 3.63) is 89.1 Å². The van der Waals surface area contributed by atoms with Gasteiger partial charge in [0.1, 0.15) is 11.6 Å². The van der Waals surface area contributed by atoms with Crippen molar-refractivity contribution in [3.63, 3.8) is 0 Å². The van der Waals surface area contributed by atoms with Gasteiger partial charge in [-0.1, -0.05) is 23.7 Å². The topological polar surface area (TPSA) is 48.7 Å². The summed E-state index contributed by atoms with van der Waals surface area (Å²) in [6, 6.07) is 17.3. The van der Waals surface area contributed by atoms with Gasteiger partial charge < -0.3 is 14.6 Å². The van der Waals surface area contributed by atoms with Crippen LogP contribution in [0.3, 0.4) is 0 Å². The molecule has 1 saturated heterocycles. The van der Waals surface area contributed by atoms with Crippen LogP contribution in [0.4, 0.5) is 10.1 Å². The lowest BCUT2D eigenvalue weighted by atomic mass is 10.1. The number of anilines is 1. The molecule has 0 spiro atoms. The number of halogens is 2. The van der Waals surface area contributed by atoms with E-state index < -0.39 is 0 Å². The summed E-state index contributed by atoms with van der Waals surface area (Å²) in [5.74, 6) is 0.372. The first kappa shape index (κ1) is 20.4. The summed E-state index contributed by atoms with van der Waals surface area (Å²) in [6.07, 6.45) is 1.65. The van der Waals surface area contributed by atoms with Crippen molar-refractivity contribution in [2.24, 2.45) is 0 Å². The Morgan fingerprint density at radius 1 is 1.03 bits per heavy atom. The van der Waals surface area contributed by atoms with Crippen molar-refractivity contribution >= 4 is 23.2 Å². The molecule has 1 N–H and O–H groups in total. The van der Waals surface area contributed by atoms with Crippen LogP contribution >= 0.6 is 11.6 Å². The highest BCUT2D eigenvalue weighted by Gasteiger charge is 2.27. The Kier molecular flexibility index (Phi) is 6.35. The molecule has 2 heterocycles. The normalized spacial score (nSPS) is 15.7. The second-order valence-corrected chi connectivity index (χ2v) is 7.63. The zero-order valence-electron chi connectivity index (χ0n) is 16.4. The van der Waals surface area contributed by atoms with Crippen molar-refractivity contribution in [3.8, 4) is 0 Å². The van der Waals surface area contributed by atoms with E-state index in [1.807, 2.05) is 12.1 Å². The number of hydrogen-bond donors (Lipinski definition) is 1. The van der Waals surface area contributed by atoms with Gasteiger partial charge >= 0.3 is 0 Å². The van der Waals surface area contributed by atoms with Crippen molar-refractivity contribution in [1.29, 1.82) is 0 Å². The van der Waals surface area contributed by atoms with Gasteiger partial charge in [-0.05, 0) is 48.5 Å². The maximum Gasteiger partial charge on any atom is 0.252 e. The summed E-state index contributed by atoms with van der Waals surface area (Å²) in [7, 11) is 0. The number of piperazine rings is 1. The number of benzene rings is 2. The van der Waals surface area contributed by atoms with Crippen LogP contribution in [0.25, 0.3) is 0 Å². The van der Waals surface area contributed by atoms with Gasteiger partial charge in [-0.3, -0.25) is 9.69 Å². The molecule has 0 bridgehead atoms. The minimum Gasteiger partial charge on any atom is -0.468 e. The van der Waals surface area contributed by atoms with Crippen LogP contribution in [0, 0.1) is 5.82 Å². The number of nitrogens with zero attached hydrogens (tertiary/aromatic N) is 2. The van der Waals surface area contributed by atoms with Crippen LogP contribution in [0.5, 0.6) is 0 Å². The van der Waals surface area contributed by atoms with Crippen molar-refractivity contribution in [1.82, 2.24) is 10.2 Å². The highest BCUT2D eigenvalue weighted by Crippen LogP contribution is 2.25. The Hall–Kier alpha value is -2.83. The Balaban J connectivity index is 1.41. The number of carbonyl (C=O) groups is 1. The maximum absolute atomic E-state index is 13.2. The SMILES string of the molecule is O=C(NCC(c1ccco1)N1CCN(c2ccc(F)cc2)CC1)c1ccccc1Cl. The van der Waals surface area contributed by atoms with E-state index in [9.17, 15) is 9.18 Å². The molecule has 7 heteroatoms. The lowest BCUT2D eigenvalue weighted by Gasteiger charge is -2.39. The molecule has 1 aliphatic heterocycles. The molecule has 3 aromatic rings. The molecular formula is C23H23ClFN3O2. The predicted molar refractivity (Wildman–Crippen MR) is 115 cm³/mol. The molecule has 156 valence electrons. The first-order chi connectivity index (χ1) is 14.6. The third kappa shape index (κ3) is 4.66. The molecule has 4 rings (SSSR count). The monoisotopic (exact) mass is 427 g/mol. The van der Waals surface area contributed by atoms with Gasteiger partial charge in [0.2, 0.25) is 0 Å². The Morgan fingerprint density at radius 2 is 1.77 bits per heavy atom. The largest absolute Gasteiger partial charge is 0.468 e. The summed E-state index contributed by atoms with van der Waals surface area (Å²) in [5.41, 5.74) is 1.47. The average Bonchev–Trinajstić information content (AvgIpc) is 3.30. The second kappa shape index (κ2) is 9.32. The summed E-state index contributed by atoms with van der Waals surface area (Å²) in [4.78, 5) is 17.1. The van der Waals surface area contributed by atoms with Gasteiger partial charge in [-0.2, -0.15) is 0 Å². The highest BCUT2D eigenvalue weighted by atomic mass is 35.5. The van der Waals surface area contributed by atoms with Crippen molar-refractivity contribution in [2.45, 2.75) is 6.04 Å². The Morgan fingerprint density at radius 3 is 2.43 bits per heavy atom. The molecule has 0 radical (unpaired) electrons. The second-order valence-electron chi connectivity index (χ2n) is 7.22. The molecule has 1 atom stereocenters. The minimum atomic E-state index is -0.232. The summed E-state index contributed by atoms with van der Waals surface area (Å²) in [6.45, 7) is 3.62. The fourth-order valence-corrected chi connectivity index (χ4v) is 3.99. The molecule has 1 amide bonds. The molecule has 1 unspecified atom stereocenters. The van der Waals surface area contributed by atoms with Gasteiger partial charge in [0.25, 0.3) is 5.91 Å². The molecule has 1 fully saturated rings. The van der Waals surface area contributed by atoms with Crippen LogP contribution < -0.4 is 10.2 Å². The van der Waals surface area contributed by atoms with Crippen LogP contribution in [-0.2, 0) is 0 Å². The quantitative estimate of drug-likeness (QED) is 0.634. The van der Waals surface area contributed by atoms with Crippen LogP contribution in [0.1, 0.15) is 22.2 Å². The average molecular weight is 428 g/mol. The zero-order valence-corrected chi connectivity index (χ0v) is 17.2. The Bertz CT molecular complexity index is 970. The van der Waals surface area contributed by atoms with E-state index in [0.29, 0.717) is 17.1 Å². The van der Waals surface area contributed by atoms with Gasteiger partial charge in [0.15, 0.2) is 0 Å². The third-order valence-corrected chi connectivity index (χ3v) is 5.72. The number of rotatable bonds is 6. The number of amides is 1. The van der Waals surface area contributed by atoms with E-state index in [4.69, 9.17) is 16.0 Å². The molecule has 0 saturated carbocycles. The summed E-state index contributed by atoms with van der Waals surface area (Å²) >= 11 is 6.15. The van der Waals surface area contributed by atoms with E-state index in [2.05, 4.69) is 15.1 Å². The van der Waals surface area contributed by atoms with Gasteiger partial charge in [0, 0.05) is 38.4 Å². The lowest BCUT2D eigenvalue weighted by Crippen LogP contribution is -2.49. The summed E-state index contributed by atoms with van der Waals surface area (Å²) in [5, 5.41) is 3.42. The number of nitrogens with one attached hydrogen (secondary N) is 1. The maximum atomic E-state index is 13.2. The molecule has 30 heavy (non-hydrogen) atoms. The number of carbonyl (C=O) groups excluding carboxylic acids is 1. The van der Waals surface area contributed by atoms with E-state index in [1.54, 1.807) is 42.7 Å². The fourth-order valence-electron chi connectivity index (χ4n) is 3.76. The molecule has 5 nitrogen and oxygen atoms in total. The van der Waals surface area contributed by atoms with E-state index in [1.165, 1.54) is 12.1 Å². The van der Waals surface area contributed by atoms with Crippen LogP contribution in [0.2, 0.25) is 5.02 Å².